The number of carbonyl (C=O) groups excluding carboxylic acids is 3. The minimum Gasteiger partial charge on any atom is -0.456 e. The number of carbonyl (C=O) groups is 3. The molecule has 2 unspecified atom stereocenters. The highest BCUT2D eigenvalue weighted by molar-refractivity contribution is 5.80. The summed E-state index contributed by atoms with van der Waals surface area (Å²) in [5.74, 6) is -4.88. The van der Waals surface area contributed by atoms with E-state index in [0.29, 0.717) is 30.6 Å². The van der Waals surface area contributed by atoms with Crippen LogP contribution in [0, 0.1) is 29.6 Å². The highest BCUT2D eigenvalue weighted by Crippen LogP contribution is 2.64. The van der Waals surface area contributed by atoms with E-state index in [0.717, 1.165) is 25.7 Å². The Kier molecular flexibility index (Phi) is 6.65. The molecule has 0 radical (unpaired) electrons. The Balaban J connectivity index is 1.14. The molecular formula is C30H42F2O9. The maximum atomic E-state index is 13.4. The van der Waals surface area contributed by atoms with Crippen molar-refractivity contribution in [3.05, 3.63) is 0 Å². The van der Waals surface area contributed by atoms with Crippen LogP contribution in [0.4, 0.5) is 8.78 Å². The molecule has 8 rings (SSSR count). The first-order chi connectivity index (χ1) is 19.0. The van der Waals surface area contributed by atoms with Crippen LogP contribution in [0.25, 0.3) is 0 Å². The van der Waals surface area contributed by atoms with Crippen molar-refractivity contribution in [2.45, 2.75) is 125 Å². The molecule has 9 nitrogen and oxygen atoms in total. The summed E-state index contributed by atoms with van der Waals surface area (Å²) in [5, 5.41) is 22.8. The predicted molar refractivity (Wildman–Crippen MR) is 137 cm³/mol. The van der Waals surface area contributed by atoms with E-state index in [2.05, 4.69) is 18.6 Å². The van der Waals surface area contributed by atoms with E-state index >= 15 is 0 Å². The standard InChI is InChI=1S/C30H42F2O9/c1-17(2)30(20-5-18-4-19(7-20)8-21(30)6-18)41-23(34)10-39-28-12-26(36)11-27(37,13-28)15-29(14-26,16-28)40-22(33)9-38-24(35)25(3,31)32/h17-21,36-37H,4-16H2,1-3H3. The molecule has 0 spiro atoms. The van der Waals surface area contributed by atoms with Gasteiger partial charge >= 0.3 is 23.8 Å². The quantitative estimate of drug-likeness (QED) is 0.309. The first-order valence-electron chi connectivity index (χ1n) is 15.0. The fraction of sp³-hybridized carbons (Fsp3) is 0.900. The van der Waals surface area contributed by atoms with E-state index < -0.39 is 58.4 Å². The van der Waals surface area contributed by atoms with Crippen molar-refractivity contribution in [1.29, 1.82) is 0 Å². The van der Waals surface area contributed by atoms with Crippen LogP contribution < -0.4 is 0 Å². The van der Waals surface area contributed by atoms with Crippen LogP contribution in [0.2, 0.25) is 0 Å². The summed E-state index contributed by atoms with van der Waals surface area (Å²) in [7, 11) is 0. The smallest absolute Gasteiger partial charge is 0.377 e. The van der Waals surface area contributed by atoms with Gasteiger partial charge in [-0.3, -0.25) is 0 Å². The number of rotatable bonds is 9. The summed E-state index contributed by atoms with van der Waals surface area (Å²) >= 11 is 0. The van der Waals surface area contributed by atoms with Gasteiger partial charge in [0.2, 0.25) is 0 Å². The molecular weight excluding hydrogens is 542 g/mol. The topological polar surface area (TPSA) is 129 Å². The van der Waals surface area contributed by atoms with Gasteiger partial charge in [-0.15, -0.1) is 0 Å². The van der Waals surface area contributed by atoms with Crippen LogP contribution >= 0.6 is 0 Å². The Morgan fingerprint density at radius 2 is 1.29 bits per heavy atom. The SMILES string of the molecule is CC(C)C1(OC(=O)COC23CC4(O)CC(O)(C2)CC(OC(=O)COC(=O)C(C)(F)F)(C4)C3)C2CC3CC(C2)CC1C3. The van der Waals surface area contributed by atoms with Crippen molar-refractivity contribution in [3.8, 4) is 0 Å². The number of hydrogen-bond acceptors (Lipinski definition) is 9. The molecule has 0 heterocycles. The summed E-state index contributed by atoms with van der Waals surface area (Å²) in [6, 6.07) is 0. The summed E-state index contributed by atoms with van der Waals surface area (Å²) < 4.78 is 48.9. The molecule has 8 bridgehead atoms. The second-order valence-corrected chi connectivity index (χ2v) is 14.9. The van der Waals surface area contributed by atoms with E-state index in [9.17, 15) is 33.4 Å². The van der Waals surface area contributed by atoms with E-state index in [1.54, 1.807) is 0 Å². The van der Waals surface area contributed by atoms with Gasteiger partial charge in [0.1, 0.15) is 17.8 Å². The Labute approximate surface area is 238 Å². The molecule has 2 atom stereocenters. The van der Waals surface area contributed by atoms with Gasteiger partial charge in [-0.1, -0.05) is 13.8 Å². The molecule has 0 saturated heterocycles. The lowest BCUT2D eigenvalue weighted by Crippen LogP contribution is -2.73. The molecule has 8 fully saturated rings. The Morgan fingerprint density at radius 1 is 0.780 bits per heavy atom. The number of halogens is 2. The predicted octanol–water partition coefficient (Wildman–Crippen LogP) is 3.46. The third-order valence-electron chi connectivity index (χ3n) is 11.0. The van der Waals surface area contributed by atoms with Crippen molar-refractivity contribution < 1.29 is 52.3 Å². The Hall–Kier alpha value is -1.85. The van der Waals surface area contributed by atoms with Crippen molar-refractivity contribution in [3.63, 3.8) is 0 Å². The molecule has 41 heavy (non-hydrogen) atoms. The van der Waals surface area contributed by atoms with Crippen LogP contribution in [0.3, 0.4) is 0 Å². The molecule has 8 aliphatic rings. The van der Waals surface area contributed by atoms with Crippen LogP contribution in [0.15, 0.2) is 0 Å². The molecule has 0 aliphatic heterocycles. The van der Waals surface area contributed by atoms with E-state index in [1.807, 2.05) is 0 Å². The van der Waals surface area contributed by atoms with Crippen molar-refractivity contribution in [2.24, 2.45) is 29.6 Å². The molecule has 0 aromatic carbocycles. The third-order valence-corrected chi connectivity index (χ3v) is 11.0. The maximum Gasteiger partial charge on any atom is 0.377 e. The van der Waals surface area contributed by atoms with Gasteiger partial charge in [0.05, 0.1) is 16.8 Å². The molecule has 2 N–H and O–H groups in total. The van der Waals surface area contributed by atoms with Crippen LogP contribution in [-0.2, 0) is 33.3 Å². The van der Waals surface area contributed by atoms with E-state index in [-0.39, 0.29) is 51.0 Å². The Bertz CT molecular complexity index is 1070. The number of aliphatic hydroxyl groups is 2. The molecule has 0 aromatic heterocycles. The van der Waals surface area contributed by atoms with Crippen molar-refractivity contribution in [1.82, 2.24) is 0 Å². The van der Waals surface area contributed by atoms with Crippen LogP contribution in [0.5, 0.6) is 0 Å². The first kappa shape index (κ1) is 29.2. The number of ether oxygens (including phenoxy) is 4. The van der Waals surface area contributed by atoms with Crippen LogP contribution in [0.1, 0.15) is 91.4 Å². The summed E-state index contributed by atoms with van der Waals surface area (Å²) in [4.78, 5) is 37.4. The van der Waals surface area contributed by atoms with Crippen LogP contribution in [-0.4, -0.2) is 75.3 Å². The lowest BCUT2D eigenvalue weighted by molar-refractivity contribution is -0.312. The largest absolute Gasteiger partial charge is 0.456 e. The normalized spacial score (nSPS) is 45.7. The zero-order valence-corrected chi connectivity index (χ0v) is 24.1. The van der Waals surface area contributed by atoms with Gasteiger partial charge in [-0.2, -0.15) is 8.78 Å². The first-order valence-corrected chi connectivity index (χ1v) is 15.0. The third kappa shape index (κ3) is 5.07. The molecule has 0 aromatic rings. The van der Waals surface area contributed by atoms with Gasteiger partial charge in [-0.05, 0) is 61.7 Å². The number of hydrogen-bond donors (Lipinski definition) is 2. The average molecular weight is 585 g/mol. The molecule has 8 saturated carbocycles. The zero-order valence-electron chi connectivity index (χ0n) is 24.1. The Morgan fingerprint density at radius 3 is 1.80 bits per heavy atom. The fourth-order valence-electron chi connectivity index (χ4n) is 10.7. The van der Waals surface area contributed by atoms with Gasteiger partial charge in [0.25, 0.3) is 0 Å². The summed E-state index contributed by atoms with van der Waals surface area (Å²) in [5.41, 5.74) is -5.86. The van der Waals surface area contributed by atoms with Gasteiger partial charge < -0.3 is 29.2 Å². The average Bonchev–Trinajstić information content (AvgIpc) is 2.80. The van der Waals surface area contributed by atoms with Gasteiger partial charge in [0, 0.05) is 45.4 Å². The number of esters is 3. The van der Waals surface area contributed by atoms with E-state index in [1.165, 1.54) is 6.42 Å². The molecule has 230 valence electrons. The lowest BCUT2D eigenvalue weighted by atomic mass is 9.47. The maximum absolute atomic E-state index is 13.4. The highest BCUT2D eigenvalue weighted by Gasteiger charge is 2.70. The number of alkyl halides is 2. The fourth-order valence-corrected chi connectivity index (χ4v) is 10.7. The molecule has 8 aliphatic carbocycles. The zero-order chi connectivity index (χ0) is 29.6. The van der Waals surface area contributed by atoms with Crippen molar-refractivity contribution >= 4 is 17.9 Å². The molecule has 0 amide bonds. The van der Waals surface area contributed by atoms with Crippen molar-refractivity contribution in [2.75, 3.05) is 13.2 Å². The van der Waals surface area contributed by atoms with Gasteiger partial charge in [-0.25, -0.2) is 14.4 Å². The second-order valence-electron chi connectivity index (χ2n) is 14.9. The summed E-state index contributed by atoms with van der Waals surface area (Å²) in [6.45, 7) is 3.22. The lowest BCUT2D eigenvalue weighted by Gasteiger charge is -2.66. The highest BCUT2D eigenvalue weighted by atomic mass is 19.3. The minimum atomic E-state index is -3.76. The summed E-state index contributed by atoms with van der Waals surface area (Å²) in [6.07, 6.45) is 6.13. The van der Waals surface area contributed by atoms with E-state index in [4.69, 9.17) is 14.2 Å². The minimum absolute atomic E-state index is 0.0175. The van der Waals surface area contributed by atoms with Gasteiger partial charge in [0.15, 0.2) is 6.61 Å². The monoisotopic (exact) mass is 584 g/mol. The second kappa shape index (κ2) is 9.32. The molecule has 11 heteroatoms.